The Kier molecular flexibility index (Phi) is 5.12. The molecule has 3 fully saturated rings. The summed E-state index contributed by atoms with van der Waals surface area (Å²) in [6.45, 7) is 2.52. The van der Waals surface area contributed by atoms with E-state index in [4.69, 9.17) is 4.74 Å². The molecule has 2 amide bonds. The van der Waals surface area contributed by atoms with Crippen molar-refractivity contribution in [2.75, 3.05) is 26.2 Å². The van der Waals surface area contributed by atoms with E-state index in [-0.39, 0.29) is 24.7 Å². The summed E-state index contributed by atoms with van der Waals surface area (Å²) in [6.07, 6.45) is 1.20. The second-order valence-electron chi connectivity index (χ2n) is 8.26. The van der Waals surface area contributed by atoms with Gasteiger partial charge in [0.25, 0.3) is 5.92 Å². The summed E-state index contributed by atoms with van der Waals surface area (Å²) in [5, 5.41) is 0. The van der Waals surface area contributed by atoms with Gasteiger partial charge in [-0.15, -0.1) is 0 Å². The minimum Gasteiger partial charge on any atom is -0.372 e. The van der Waals surface area contributed by atoms with Crippen molar-refractivity contribution >= 4 is 11.8 Å². The van der Waals surface area contributed by atoms with Crippen LogP contribution in [0.4, 0.5) is 8.78 Å². The Morgan fingerprint density at radius 2 is 1.82 bits per heavy atom. The fourth-order valence-electron chi connectivity index (χ4n) is 4.22. The molecule has 1 aliphatic carbocycles. The van der Waals surface area contributed by atoms with Gasteiger partial charge in [-0.25, -0.2) is 8.78 Å². The topological polar surface area (TPSA) is 49.9 Å². The molecule has 1 atom stereocenters. The van der Waals surface area contributed by atoms with Crippen LogP contribution in [0.1, 0.15) is 37.7 Å². The maximum absolute atomic E-state index is 13.1. The number of likely N-dealkylation sites (tertiary alicyclic amines) is 1. The summed E-state index contributed by atoms with van der Waals surface area (Å²) in [6, 6.07) is 9.87. The number of alkyl halides is 2. The Labute approximate surface area is 163 Å². The summed E-state index contributed by atoms with van der Waals surface area (Å²) in [5.74, 6) is -3.59. The van der Waals surface area contributed by atoms with Crippen molar-refractivity contribution < 1.29 is 23.1 Å². The van der Waals surface area contributed by atoms with Crippen LogP contribution >= 0.6 is 0 Å². The molecule has 1 aromatic carbocycles. The van der Waals surface area contributed by atoms with Gasteiger partial charge >= 0.3 is 0 Å². The lowest BCUT2D eigenvalue weighted by atomic mass is 9.87. The summed E-state index contributed by atoms with van der Waals surface area (Å²) in [5.41, 5.74) is 0.548. The van der Waals surface area contributed by atoms with Gasteiger partial charge in [0.1, 0.15) is 0 Å². The van der Waals surface area contributed by atoms with E-state index in [0.29, 0.717) is 52.0 Å². The Morgan fingerprint density at radius 3 is 2.46 bits per heavy atom. The first-order valence-corrected chi connectivity index (χ1v) is 9.98. The average molecular weight is 392 g/mol. The number of amides is 2. The molecule has 2 saturated heterocycles. The lowest BCUT2D eigenvalue weighted by molar-refractivity contribution is -0.142. The lowest BCUT2D eigenvalue weighted by Gasteiger charge is -2.40. The number of piperidine rings is 1. The van der Waals surface area contributed by atoms with Crippen LogP contribution < -0.4 is 0 Å². The Morgan fingerprint density at radius 1 is 1.14 bits per heavy atom. The molecule has 28 heavy (non-hydrogen) atoms. The fourth-order valence-corrected chi connectivity index (χ4v) is 4.22. The van der Waals surface area contributed by atoms with Crippen molar-refractivity contribution in [1.82, 2.24) is 9.80 Å². The van der Waals surface area contributed by atoms with Gasteiger partial charge in [0.15, 0.2) is 0 Å². The third-order valence-electron chi connectivity index (χ3n) is 6.22. The van der Waals surface area contributed by atoms with Crippen molar-refractivity contribution in [3.8, 4) is 0 Å². The lowest BCUT2D eigenvalue weighted by Crippen LogP contribution is -2.49. The zero-order valence-corrected chi connectivity index (χ0v) is 15.9. The molecule has 5 nitrogen and oxygen atoms in total. The molecule has 4 rings (SSSR count). The number of nitrogens with zero attached hydrogens (tertiary/aromatic N) is 2. The molecule has 3 aliphatic rings. The van der Waals surface area contributed by atoms with Crippen LogP contribution in [0.2, 0.25) is 0 Å². The van der Waals surface area contributed by atoms with E-state index in [9.17, 15) is 18.4 Å². The molecular formula is C21H26F2N2O3. The predicted molar refractivity (Wildman–Crippen MR) is 98.6 cm³/mol. The monoisotopic (exact) mass is 392 g/mol. The van der Waals surface area contributed by atoms with Crippen LogP contribution in [0.3, 0.4) is 0 Å². The third kappa shape index (κ3) is 4.19. The molecule has 2 heterocycles. The quantitative estimate of drug-likeness (QED) is 0.792. The van der Waals surface area contributed by atoms with E-state index >= 15 is 0 Å². The Balaban J connectivity index is 1.31. The number of carbonyl (C=O) groups excluding carboxylic acids is 2. The SMILES string of the molecule is O=C(CC1CC1(F)F)N1CCC2(CC1)CC(=O)N(Cc1ccccc1)CCO2. The molecule has 1 spiro atoms. The van der Waals surface area contributed by atoms with Crippen LogP contribution in [0.15, 0.2) is 30.3 Å². The molecular weight excluding hydrogens is 366 g/mol. The standard InChI is InChI=1S/C21H26F2N2O3/c22-21(23)13-17(21)12-18(26)24-8-6-20(7-9-24)14-19(27)25(10-11-28-20)15-16-4-2-1-3-5-16/h1-5,17H,6-15H2. The van der Waals surface area contributed by atoms with E-state index < -0.39 is 17.4 Å². The van der Waals surface area contributed by atoms with Crippen LogP contribution in [0.25, 0.3) is 0 Å². The van der Waals surface area contributed by atoms with Crippen molar-refractivity contribution in [2.24, 2.45) is 5.92 Å². The minimum atomic E-state index is -2.66. The average Bonchev–Trinajstić information content (AvgIpc) is 3.31. The first kappa shape index (κ1) is 19.3. The molecule has 1 unspecified atom stereocenters. The van der Waals surface area contributed by atoms with Crippen molar-refractivity contribution in [3.05, 3.63) is 35.9 Å². The summed E-state index contributed by atoms with van der Waals surface area (Å²) >= 11 is 0. The van der Waals surface area contributed by atoms with Gasteiger partial charge < -0.3 is 14.5 Å². The number of hydrogen-bond donors (Lipinski definition) is 0. The fraction of sp³-hybridized carbons (Fsp3) is 0.619. The van der Waals surface area contributed by atoms with E-state index in [1.807, 2.05) is 35.2 Å². The number of hydrogen-bond acceptors (Lipinski definition) is 3. The highest BCUT2D eigenvalue weighted by Crippen LogP contribution is 2.51. The molecule has 0 radical (unpaired) electrons. The van der Waals surface area contributed by atoms with Gasteiger partial charge in [0.05, 0.1) is 18.6 Å². The highest BCUT2D eigenvalue weighted by molar-refractivity contribution is 5.78. The maximum Gasteiger partial charge on any atom is 0.252 e. The zero-order valence-electron chi connectivity index (χ0n) is 15.9. The molecule has 0 bridgehead atoms. The normalized spacial score (nSPS) is 26.2. The van der Waals surface area contributed by atoms with Gasteiger partial charge in [-0.3, -0.25) is 9.59 Å². The van der Waals surface area contributed by atoms with Gasteiger partial charge in [0.2, 0.25) is 11.8 Å². The molecule has 152 valence electrons. The van der Waals surface area contributed by atoms with Crippen LogP contribution in [-0.2, 0) is 20.9 Å². The van der Waals surface area contributed by atoms with Gasteiger partial charge in [0, 0.05) is 44.9 Å². The van der Waals surface area contributed by atoms with E-state index in [2.05, 4.69) is 0 Å². The Hall–Kier alpha value is -2.02. The van der Waals surface area contributed by atoms with E-state index in [1.54, 1.807) is 4.90 Å². The minimum absolute atomic E-state index is 0.0683. The zero-order chi connectivity index (χ0) is 19.8. The smallest absolute Gasteiger partial charge is 0.252 e. The molecule has 2 aliphatic heterocycles. The maximum atomic E-state index is 13.1. The van der Waals surface area contributed by atoms with Crippen LogP contribution in [-0.4, -0.2) is 59.4 Å². The highest BCUT2D eigenvalue weighted by atomic mass is 19.3. The van der Waals surface area contributed by atoms with Crippen LogP contribution in [0.5, 0.6) is 0 Å². The summed E-state index contributed by atoms with van der Waals surface area (Å²) < 4.78 is 32.2. The van der Waals surface area contributed by atoms with Gasteiger partial charge in [-0.05, 0) is 18.4 Å². The first-order chi connectivity index (χ1) is 13.4. The van der Waals surface area contributed by atoms with E-state index in [0.717, 1.165) is 5.56 Å². The number of carbonyl (C=O) groups is 2. The molecule has 0 N–H and O–H groups in total. The van der Waals surface area contributed by atoms with Crippen molar-refractivity contribution in [1.29, 1.82) is 0 Å². The molecule has 0 aromatic heterocycles. The van der Waals surface area contributed by atoms with Gasteiger partial charge in [-0.2, -0.15) is 0 Å². The summed E-state index contributed by atoms with van der Waals surface area (Å²) in [7, 11) is 0. The largest absolute Gasteiger partial charge is 0.372 e. The number of rotatable bonds is 4. The van der Waals surface area contributed by atoms with Crippen LogP contribution in [0, 0.1) is 5.92 Å². The van der Waals surface area contributed by atoms with Crippen molar-refractivity contribution in [3.63, 3.8) is 0 Å². The van der Waals surface area contributed by atoms with Crippen molar-refractivity contribution in [2.45, 2.75) is 50.2 Å². The van der Waals surface area contributed by atoms with E-state index in [1.165, 1.54) is 0 Å². The third-order valence-corrected chi connectivity index (χ3v) is 6.22. The number of benzene rings is 1. The highest BCUT2D eigenvalue weighted by Gasteiger charge is 2.57. The molecule has 7 heteroatoms. The number of halogens is 2. The Bertz CT molecular complexity index is 732. The summed E-state index contributed by atoms with van der Waals surface area (Å²) in [4.78, 5) is 28.6. The molecule has 1 saturated carbocycles. The predicted octanol–water partition coefficient (Wildman–Crippen LogP) is 2.84. The second-order valence-corrected chi connectivity index (χ2v) is 8.26. The first-order valence-electron chi connectivity index (χ1n) is 9.98. The molecule has 1 aromatic rings. The number of ether oxygens (including phenoxy) is 1. The second kappa shape index (κ2) is 7.43. The van der Waals surface area contributed by atoms with Gasteiger partial charge in [-0.1, -0.05) is 30.3 Å².